The Morgan fingerprint density at radius 3 is 1.30 bits per heavy atom. The molecule has 0 aliphatic rings. The van der Waals surface area contributed by atoms with E-state index in [4.69, 9.17) is 23.2 Å². The Morgan fingerprint density at radius 1 is 0.263 bits per heavy atom. The van der Waals surface area contributed by atoms with E-state index >= 15 is 0 Å². The minimum Gasteiger partial charge on any atom is -0.354 e. The Balaban J connectivity index is 0.0000000965. The smallest absolute Gasteiger partial charge is 0.0620 e. The molecule has 0 spiro atoms. The van der Waals surface area contributed by atoms with Crippen molar-refractivity contribution in [1.82, 2.24) is 14.0 Å². The summed E-state index contributed by atoms with van der Waals surface area (Å²) in [6, 6.07) is 108. The minimum absolute atomic E-state index is 0.771. The second-order valence-electron chi connectivity index (χ2n) is 25.5. The summed E-state index contributed by atoms with van der Waals surface area (Å²) in [5, 5.41) is 34.1. The zero-order valence-electron chi connectivity index (χ0n) is 52.5. The highest BCUT2D eigenvalue weighted by molar-refractivity contribution is 14.1. The van der Waals surface area contributed by atoms with Gasteiger partial charge in [0.2, 0.25) is 0 Å². The lowest BCUT2D eigenvalue weighted by Gasteiger charge is -2.15. The molecule has 3 nitrogen and oxygen atoms in total. The molecule has 1 N–H and O–H groups in total. The molecule has 4 heterocycles. The average molecular weight is 1610 g/mol. The van der Waals surface area contributed by atoms with Crippen molar-refractivity contribution in [2.24, 2.45) is 0 Å². The van der Waals surface area contributed by atoms with Crippen LogP contribution in [0.25, 0.3) is 184 Å². The number of hydrogen-bond acceptors (Lipinski definition) is 0. The molecule has 468 valence electrons. The third-order valence-corrected chi connectivity index (χ3v) is 22.9. The molecule has 0 amide bonds. The third-order valence-electron chi connectivity index (χ3n) is 19.9. The van der Waals surface area contributed by atoms with Gasteiger partial charge in [0.25, 0.3) is 0 Å². The zero-order chi connectivity index (χ0) is 66.3. The molecule has 22 rings (SSSR count). The van der Waals surface area contributed by atoms with Gasteiger partial charge in [0.15, 0.2) is 0 Å². The minimum atomic E-state index is 0.771. The number of rotatable bonds is 1. The highest BCUT2D eigenvalue weighted by Gasteiger charge is 2.22. The summed E-state index contributed by atoms with van der Waals surface area (Å²) in [4.78, 5) is 3.48. The SMILES string of the molecule is Brc1cc2c3cc4ccccc4c4cccc(c43)n3c4cc5ccccc5cc4c(c1)c23.Brc1ccc2[nH]c3cc4ccccc4cc3c2c1.Clc1cc2ccccc2c2cccc(-n3c4ccc(Br)cc4c4cc5ccccc5cc43)c12.Clc1cc2ccccc2c2cccc(I)c12. The predicted molar refractivity (Wildman–Crippen MR) is 448 cm³/mol. The topological polar surface area (TPSA) is 25.1 Å². The molecule has 0 fully saturated rings. The number of hydrogen-bond donors (Lipinski definition) is 1. The summed E-state index contributed by atoms with van der Waals surface area (Å²) in [5.41, 5.74) is 9.66. The number of benzene rings is 18. The summed E-state index contributed by atoms with van der Waals surface area (Å²) < 4.78 is 9.36. The van der Waals surface area contributed by atoms with Crippen LogP contribution >= 0.6 is 93.6 Å². The quantitative estimate of drug-likeness (QED) is 0.0963. The predicted octanol–water partition coefficient (Wildman–Crippen LogP) is 29.2. The third kappa shape index (κ3) is 10.1. The van der Waals surface area contributed by atoms with Gasteiger partial charge in [-0.05, 0) is 230 Å². The number of nitrogens with one attached hydrogen (secondary N) is 1. The van der Waals surface area contributed by atoms with Crippen molar-refractivity contribution in [3.63, 3.8) is 0 Å². The zero-order valence-corrected chi connectivity index (χ0v) is 61.0. The molecule has 0 atom stereocenters. The lowest BCUT2D eigenvalue weighted by Crippen LogP contribution is -1.96. The summed E-state index contributed by atoms with van der Waals surface area (Å²) >= 11 is 26.7. The fourth-order valence-corrected chi connectivity index (χ4v) is 18.4. The van der Waals surface area contributed by atoms with Crippen LogP contribution in [-0.4, -0.2) is 14.0 Å². The molecular formula is C90H51Br3Cl2IN3. The number of fused-ring (bicyclic) bond motifs is 22. The standard InChI is InChI=1S/C30H17BrClN.C30H16BrN.C16H10BrN.C14H8ClI/c31-21-12-13-27-25(17-21)24-14-18-6-1-2-7-19(18)16-29(24)33(27)28-11-5-10-23-22-9-4-3-8-20(22)15-26(32)30(23)28;31-20-15-25-23-12-17-6-1-2-7-18(17)14-28(23)32-27-11-5-10-22-21-9-4-3-8-19(21)13-24(29(22)27)26(16-20)30(25)32;17-12-5-6-15-14(9-12)13-7-10-3-1-2-4-11(10)8-16(13)18-15;15-12-8-9-4-1-2-5-10(9)11-6-3-7-13(16)14(11)12/h1-17H;1-16H;1-9,18H;1-8H. The van der Waals surface area contributed by atoms with E-state index < -0.39 is 0 Å². The van der Waals surface area contributed by atoms with E-state index in [0.717, 1.165) is 45.3 Å². The monoisotopic (exact) mass is 1610 g/mol. The number of H-pyrrole nitrogens is 1. The summed E-state index contributed by atoms with van der Waals surface area (Å²) in [6.45, 7) is 0. The largest absolute Gasteiger partial charge is 0.354 e. The first-order valence-corrected chi connectivity index (χ1v) is 37.0. The molecule has 0 aliphatic carbocycles. The molecule has 9 heteroatoms. The second-order valence-corrected chi connectivity index (χ2v) is 30.3. The van der Waals surface area contributed by atoms with Crippen molar-refractivity contribution in [2.45, 2.75) is 0 Å². The van der Waals surface area contributed by atoms with Crippen molar-refractivity contribution < 1.29 is 0 Å². The molecule has 99 heavy (non-hydrogen) atoms. The van der Waals surface area contributed by atoms with E-state index in [-0.39, 0.29) is 0 Å². The highest BCUT2D eigenvalue weighted by Crippen LogP contribution is 2.46. The van der Waals surface area contributed by atoms with Crippen molar-refractivity contribution in [2.75, 3.05) is 0 Å². The van der Waals surface area contributed by atoms with Gasteiger partial charge >= 0.3 is 0 Å². The molecule has 0 saturated heterocycles. The first kappa shape index (κ1) is 60.6. The second kappa shape index (κ2) is 24.1. The van der Waals surface area contributed by atoms with Crippen LogP contribution in [0.3, 0.4) is 0 Å². The van der Waals surface area contributed by atoms with E-state index in [1.54, 1.807) is 0 Å². The molecule has 0 unspecified atom stereocenters. The van der Waals surface area contributed by atoms with Gasteiger partial charge in [-0.25, -0.2) is 0 Å². The van der Waals surface area contributed by atoms with E-state index in [9.17, 15) is 0 Å². The van der Waals surface area contributed by atoms with Crippen molar-refractivity contribution in [1.29, 1.82) is 0 Å². The average Bonchev–Trinajstić information content (AvgIpc) is 1.60. The molecule has 0 bridgehead atoms. The fraction of sp³-hybridized carbons (Fsp3) is 0. The van der Waals surface area contributed by atoms with Gasteiger partial charge < -0.3 is 14.0 Å². The number of aromatic nitrogens is 3. The number of nitrogens with zero attached hydrogens (tertiary/aromatic N) is 2. The summed E-state index contributed by atoms with van der Waals surface area (Å²) in [5.74, 6) is 0. The Kier molecular flexibility index (Phi) is 14.8. The van der Waals surface area contributed by atoms with Gasteiger partial charge in [0.1, 0.15) is 0 Å². The molecule has 18 aromatic carbocycles. The Morgan fingerprint density at radius 2 is 0.677 bits per heavy atom. The normalized spacial score (nSPS) is 11.9. The first-order valence-electron chi connectivity index (χ1n) is 32.7. The highest BCUT2D eigenvalue weighted by atomic mass is 127. The van der Waals surface area contributed by atoms with Crippen molar-refractivity contribution >= 4 is 272 Å². The maximum atomic E-state index is 6.96. The maximum Gasteiger partial charge on any atom is 0.0620 e. The lowest BCUT2D eigenvalue weighted by molar-refractivity contribution is 1.20. The molecule has 0 saturated carbocycles. The molecular weight excluding hydrogens is 1560 g/mol. The van der Waals surface area contributed by atoms with Gasteiger partial charge in [0.05, 0.1) is 43.3 Å². The van der Waals surface area contributed by atoms with E-state index in [2.05, 4.69) is 376 Å². The van der Waals surface area contributed by atoms with Gasteiger partial charge in [-0.2, -0.15) is 0 Å². The van der Waals surface area contributed by atoms with E-state index in [1.165, 1.54) is 166 Å². The van der Waals surface area contributed by atoms with Crippen LogP contribution in [0.1, 0.15) is 0 Å². The van der Waals surface area contributed by atoms with E-state index in [0.29, 0.717) is 0 Å². The molecule has 0 aliphatic heterocycles. The number of halogens is 6. The van der Waals surface area contributed by atoms with Crippen LogP contribution in [0.4, 0.5) is 0 Å². The number of pyridine rings is 1. The lowest BCUT2D eigenvalue weighted by atomic mass is 9.94. The number of aromatic amines is 1. The van der Waals surface area contributed by atoms with Crippen LogP contribution in [0.5, 0.6) is 0 Å². The van der Waals surface area contributed by atoms with Crippen LogP contribution in [0.15, 0.2) is 317 Å². The molecule has 4 aromatic heterocycles. The van der Waals surface area contributed by atoms with Gasteiger partial charge in [-0.1, -0.05) is 253 Å². The Hall–Kier alpha value is -9.55. The maximum absolute atomic E-state index is 6.96. The Labute approximate surface area is 616 Å². The van der Waals surface area contributed by atoms with E-state index in [1.807, 2.05) is 12.1 Å². The molecule has 0 radical (unpaired) electrons. The fourth-order valence-electron chi connectivity index (χ4n) is 15.6. The van der Waals surface area contributed by atoms with Gasteiger partial charge in [-0.3, -0.25) is 0 Å². The summed E-state index contributed by atoms with van der Waals surface area (Å²) in [6.07, 6.45) is 0. The van der Waals surface area contributed by atoms with Gasteiger partial charge in [-0.15, -0.1) is 0 Å². The van der Waals surface area contributed by atoms with Crippen LogP contribution in [-0.2, 0) is 0 Å². The van der Waals surface area contributed by atoms with Crippen LogP contribution in [0.2, 0.25) is 10.0 Å². The molecule has 22 aromatic rings. The van der Waals surface area contributed by atoms with Gasteiger partial charge in [0, 0.05) is 81.9 Å². The van der Waals surface area contributed by atoms with Crippen molar-refractivity contribution in [3.05, 3.63) is 330 Å². The van der Waals surface area contributed by atoms with Crippen LogP contribution in [0, 0.1) is 3.57 Å². The van der Waals surface area contributed by atoms with Crippen LogP contribution < -0.4 is 0 Å². The first-order chi connectivity index (χ1) is 48.5. The van der Waals surface area contributed by atoms with Crippen molar-refractivity contribution in [3.8, 4) is 5.69 Å². The summed E-state index contributed by atoms with van der Waals surface area (Å²) in [7, 11) is 0. The Bertz CT molecular complexity index is 7150.